The zero-order valence-corrected chi connectivity index (χ0v) is 18.9. The number of benzene rings is 3. The van der Waals surface area contributed by atoms with Crippen molar-refractivity contribution in [3.05, 3.63) is 100 Å². The van der Waals surface area contributed by atoms with E-state index in [1.54, 1.807) is 29.1 Å². The highest BCUT2D eigenvalue weighted by Crippen LogP contribution is 2.25. The molecule has 0 saturated carbocycles. The minimum atomic E-state index is -1.01. The lowest BCUT2D eigenvalue weighted by Crippen LogP contribution is -2.32. The highest BCUT2D eigenvalue weighted by molar-refractivity contribution is 6.42. The molecule has 34 heavy (non-hydrogen) atoms. The standard InChI is InChI=1S/C24H16Cl2FN5O2/c25-17-8-11-20(26)21(12-17)29-23(33)24(34)30-28-13-16-14-32(19-4-2-1-3-5-19)31-22(16)15-6-9-18(27)10-7-15/h1-14H,(H,29,33)(H,30,34)/b28-13-. The number of hydrogen-bond acceptors (Lipinski definition) is 4. The molecule has 1 heterocycles. The number of nitrogens with zero attached hydrogens (tertiary/aromatic N) is 3. The maximum Gasteiger partial charge on any atom is 0.329 e. The monoisotopic (exact) mass is 495 g/mol. The molecule has 4 aromatic rings. The normalized spacial score (nSPS) is 10.9. The molecule has 0 fully saturated rings. The van der Waals surface area contributed by atoms with E-state index in [4.69, 9.17) is 23.2 Å². The lowest BCUT2D eigenvalue weighted by atomic mass is 10.1. The fourth-order valence-corrected chi connectivity index (χ4v) is 3.35. The molecule has 170 valence electrons. The first-order valence-corrected chi connectivity index (χ1v) is 10.7. The molecule has 0 saturated heterocycles. The van der Waals surface area contributed by atoms with Gasteiger partial charge in [-0.25, -0.2) is 14.5 Å². The van der Waals surface area contributed by atoms with Gasteiger partial charge in [0.2, 0.25) is 0 Å². The molecule has 10 heteroatoms. The van der Waals surface area contributed by atoms with Gasteiger partial charge in [-0.05, 0) is 54.6 Å². The van der Waals surface area contributed by atoms with Gasteiger partial charge in [0.15, 0.2) is 0 Å². The van der Waals surface area contributed by atoms with Gasteiger partial charge in [0.25, 0.3) is 0 Å². The molecule has 2 amide bonds. The van der Waals surface area contributed by atoms with Gasteiger partial charge in [0, 0.05) is 22.3 Å². The number of hydrogen-bond donors (Lipinski definition) is 2. The fourth-order valence-electron chi connectivity index (χ4n) is 3.01. The number of rotatable bonds is 5. The number of amides is 2. The summed E-state index contributed by atoms with van der Waals surface area (Å²) in [5.74, 6) is -2.36. The number of carbonyl (C=O) groups is 2. The van der Waals surface area contributed by atoms with Crippen molar-refractivity contribution < 1.29 is 14.0 Å². The van der Waals surface area contributed by atoms with Gasteiger partial charge < -0.3 is 5.32 Å². The number of nitrogens with one attached hydrogen (secondary N) is 2. The third-order valence-electron chi connectivity index (χ3n) is 4.63. The Morgan fingerprint density at radius 3 is 2.44 bits per heavy atom. The highest BCUT2D eigenvalue weighted by Gasteiger charge is 2.16. The lowest BCUT2D eigenvalue weighted by molar-refractivity contribution is -0.136. The fraction of sp³-hybridized carbons (Fsp3) is 0. The van der Waals surface area contributed by atoms with Crippen LogP contribution in [0.4, 0.5) is 10.1 Å². The van der Waals surface area contributed by atoms with Crippen molar-refractivity contribution in [3.63, 3.8) is 0 Å². The molecular weight excluding hydrogens is 480 g/mol. The van der Waals surface area contributed by atoms with Crippen LogP contribution in [0.15, 0.2) is 84.1 Å². The Hall–Kier alpha value is -4.01. The van der Waals surface area contributed by atoms with Crippen LogP contribution in [-0.2, 0) is 9.59 Å². The van der Waals surface area contributed by atoms with Crippen molar-refractivity contribution in [1.82, 2.24) is 15.2 Å². The second kappa shape index (κ2) is 10.3. The van der Waals surface area contributed by atoms with Gasteiger partial charge in [-0.15, -0.1) is 0 Å². The van der Waals surface area contributed by atoms with Gasteiger partial charge >= 0.3 is 11.8 Å². The molecule has 4 rings (SSSR count). The average molecular weight is 496 g/mol. The van der Waals surface area contributed by atoms with Gasteiger partial charge in [0.1, 0.15) is 11.5 Å². The van der Waals surface area contributed by atoms with Crippen LogP contribution in [0.5, 0.6) is 0 Å². The van der Waals surface area contributed by atoms with E-state index >= 15 is 0 Å². The van der Waals surface area contributed by atoms with Crippen molar-refractivity contribution in [1.29, 1.82) is 0 Å². The second-order valence-electron chi connectivity index (χ2n) is 7.00. The van der Waals surface area contributed by atoms with E-state index in [0.717, 1.165) is 5.69 Å². The molecule has 0 atom stereocenters. The number of halogens is 3. The number of hydrazone groups is 1. The Labute approximate surface area is 203 Å². The van der Waals surface area contributed by atoms with Crippen LogP contribution >= 0.6 is 23.2 Å². The van der Waals surface area contributed by atoms with E-state index in [1.807, 2.05) is 30.3 Å². The second-order valence-corrected chi connectivity index (χ2v) is 7.84. The topological polar surface area (TPSA) is 88.4 Å². The van der Waals surface area contributed by atoms with Crippen LogP contribution in [0, 0.1) is 5.82 Å². The molecule has 0 unspecified atom stereocenters. The summed E-state index contributed by atoms with van der Waals surface area (Å²) in [5.41, 5.74) is 4.86. The maximum atomic E-state index is 13.4. The summed E-state index contributed by atoms with van der Waals surface area (Å²) in [6.07, 6.45) is 3.05. The number of carbonyl (C=O) groups excluding carboxylic acids is 2. The van der Waals surface area contributed by atoms with Crippen LogP contribution < -0.4 is 10.7 Å². The van der Waals surface area contributed by atoms with Crippen LogP contribution in [0.3, 0.4) is 0 Å². The van der Waals surface area contributed by atoms with Crippen molar-refractivity contribution in [2.75, 3.05) is 5.32 Å². The maximum absolute atomic E-state index is 13.4. The molecule has 0 aliphatic carbocycles. The summed E-state index contributed by atoms with van der Waals surface area (Å²) in [6.45, 7) is 0. The van der Waals surface area contributed by atoms with E-state index in [1.165, 1.54) is 30.5 Å². The molecule has 0 bridgehead atoms. The van der Waals surface area contributed by atoms with Crippen molar-refractivity contribution in [3.8, 4) is 16.9 Å². The number of aromatic nitrogens is 2. The van der Waals surface area contributed by atoms with Crippen LogP contribution in [0.2, 0.25) is 10.0 Å². The summed E-state index contributed by atoms with van der Waals surface area (Å²) >= 11 is 11.9. The van der Waals surface area contributed by atoms with Gasteiger partial charge in [-0.2, -0.15) is 10.2 Å². The first-order chi connectivity index (χ1) is 16.4. The van der Waals surface area contributed by atoms with E-state index in [2.05, 4.69) is 20.9 Å². The zero-order valence-electron chi connectivity index (χ0n) is 17.4. The predicted molar refractivity (Wildman–Crippen MR) is 130 cm³/mol. The smallest absolute Gasteiger partial charge is 0.316 e. The summed E-state index contributed by atoms with van der Waals surface area (Å²) in [4.78, 5) is 24.4. The molecule has 0 aliphatic heterocycles. The number of para-hydroxylation sites is 1. The van der Waals surface area contributed by atoms with Crippen molar-refractivity contribution >= 4 is 46.9 Å². The first kappa shape index (κ1) is 23.2. The Kier molecular flexibility index (Phi) is 7.01. The van der Waals surface area contributed by atoms with Gasteiger partial charge in [-0.3, -0.25) is 9.59 Å². The zero-order chi connectivity index (χ0) is 24.1. The molecule has 1 aromatic heterocycles. The lowest BCUT2D eigenvalue weighted by Gasteiger charge is -2.06. The average Bonchev–Trinajstić information content (AvgIpc) is 3.26. The van der Waals surface area contributed by atoms with E-state index in [0.29, 0.717) is 21.8 Å². The number of anilines is 1. The van der Waals surface area contributed by atoms with E-state index < -0.39 is 11.8 Å². The third-order valence-corrected chi connectivity index (χ3v) is 5.20. The first-order valence-electron chi connectivity index (χ1n) is 9.91. The highest BCUT2D eigenvalue weighted by atomic mass is 35.5. The third kappa shape index (κ3) is 5.48. The summed E-state index contributed by atoms with van der Waals surface area (Å²) < 4.78 is 15.0. The van der Waals surface area contributed by atoms with Gasteiger partial charge in [-0.1, -0.05) is 41.4 Å². The largest absolute Gasteiger partial charge is 0.329 e. The summed E-state index contributed by atoms with van der Waals surface area (Å²) in [6, 6.07) is 19.7. The molecule has 3 aromatic carbocycles. The van der Waals surface area contributed by atoms with E-state index in [-0.39, 0.29) is 16.5 Å². The summed E-state index contributed by atoms with van der Waals surface area (Å²) in [5, 5.41) is 11.4. The van der Waals surface area contributed by atoms with Crippen LogP contribution in [0.25, 0.3) is 16.9 Å². The molecule has 2 N–H and O–H groups in total. The van der Waals surface area contributed by atoms with Crippen molar-refractivity contribution in [2.24, 2.45) is 5.10 Å². The Morgan fingerprint density at radius 2 is 1.71 bits per heavy atom. The van der Waals surface area contributed by atoms with Gasteiger partial charge in [0.05, 0.1) is 22.6 Å². The molecule has 0 spiro atoms. The van der Waals surface area contributed by atoms with Crippen LogP contribution in [-0.4, -0.2) is 27.8 Å². The molecule has 7 nitrogen and oxygen atoms in total. The minimum absolute atomic E-state index is 0.195. The Balaban J connectivity index is 1.54. The SMILES string of the molecule is O=C(N/N=C\c1cn(-c2ccccc2)nc1-c1ccc(F)cc1)C(=O)Nc1cc(Cl)ccc1Cl. The Morgan fingerprint density at radius 1 is 0.971 bits per heavy atom. The molecule has 0 radical (unpaired) electrons. The van der Waals surface area contributed by atoms with E-state index in [9.17, 15) is 14.0 Å². The molecule has 0 aliphatic rings. The van der Waals surface area contributed by atoms with Crippen molar-refractivity contribution in [2.45, 2.75) is 0 Å². The minimum Gasteiger partial charge on any atom is -0.316 e. The summed E-state index contributed by atoms with van der Waals surface area (Å²) in [7, 11) is 0. The van der Waals surface area contributed by atoms with Crippen LogP contribution in [0.1, 0.15) is 5.56 Å². The predicted octanol–water partition coefficient (Wildman–Crippen LogP) is 5.07. The Bertz CT molecular complexity index is 1370. The quantitative estimate of drug-likeness (QED) is 0.230. The molecular formula is C24H16Cl2FN5O2.